The molecule has 0 radical (unpaired) electrons. The molecule has 8 aromatic heterocycles. The molecule has 0 aromatic carbocycles. The lowest BCUT2D eigenvalue weighted by Crippen LogP contribution is -2.33. The topological polar surface area (TPSA) is 166 Å². The van der Waals surface area contributed by atoms with E-state index in [-0.39, 0.29) is 0 Å². The maximum absolute atomic E-state index is 5.58. The zero-order chi connectivity index (χ0) is 43.2. The largest absolute Gasteiger partial charge is 0.456 e. The molecule has 0 fully saturated rings. The molecular weight excluding hydrogens is 811 g/mol. The van der Waals surface area contributed by atoms with E-state index in [1.54, 1.807) is 74.2 Å². The van der Waals surface area contributed by atoms with Gasteiger partial charge in [0.1, 0.15) is 0 Å². The molecule has 12 heterocycles. The van der Waals surface area contributed by atoms with Gasteiger partial charge in [-0.05, 0) is 66.7 Å². The van der Waals surface area contributed by atoms with E-state index in [0.29, 0.717) is 38.8 Å². The normalized spacial score (nSPS) is 14.1. The van der Waals surface area contributed by atoms with Crippen molar-refractivity contribution >= 4 is 23.0 Å². The number of nitrogens with zero attached hydrogens (tertiary/aromatic N) is 13. The summed E-state index contributed by atoms with van der Waals surface area (Å²) in [6.07, 6.45) is 21.2. The first kappa shape index (κ1) is 40.9. The van der Waals surface area contributed by atoms with E-state index in [9.17, 15) is 0 Å². The highest BCUT2D eigenvalue weighted by atomic mass is 16.5. The molecule has 17 nitrogen and oxygen atoms in total. The van der Waals surface area contributed by atoms with Crippen molar-refractivity contribution in [1.82, 2.24) is 44.9 Å². The predicted octanol–water partition coefficient (Wildman–Crippen LogP) is 6.73. The number of hydrogen-bond donors (Lipinski definition) is 0. The van der Waals surface area contributed by atoms with Crippen LogP contribution in [0, 0.1) is 0 Å². The van der Waals surface area contributed by atoms with Gasteiger partial charge < -0.3 is 38.5 Å². The highest BCUT2D eigenvalue weighted by molar-refractivity contribution is 5.49. The number of pyridine rings is 7. The number of ether oxygens (including phenoxy) is 4. The summed E-state index contributed by atoms with van der Waals surface area (Å²) < 4.78 is 22.3. The van der Waals surface area contributed by atoms with Crippen LogP contribution in [0.2, 0.25) is 0 Å². The average Bonchev–Trinajstić information content (AvgIpc) is 3.39. The third-order valence-electron chi connectivity index (χ3n) is 10.2. The van der Waals surface area contributed by atoms with Crippen LogP contribution in [0.4, 0.5) is 23.0 Å². The first-order chi connectivity index (χ1) is 31.7. The Morgan fingerprint density at radius 3 is 1.08 bits per heavy atom. The summed E-state index contributed by atoms with van der Waals surface area (Å²) in [7, 11) is 0. The second-order valence-electron chi connectivity index (χ2n) is 14.4. The van der Waals surface area contributed by atoms with Gasteiger partial charge in [0, 0.05) is 102 Å². The highest BCUT2D eigenvalue weighted by Gasteiger charge is 2.21. The Morgan fingerprint density at radius 2 is 0.672 bits per heavy atom. The molecule has 0 bridgehead atoms. The van der Waals surface area contributed by atoms with Crippen LogP contribution in [0.5, 0.6) is 23.5 Å². The number of hydrogen-bond acceptors (Lipinski definition) is 17. The van der Waals surface area contributed by atoms with Gasteiger partial charge in [-0.25, -0.2) is 29.9 Å². The first-order valence-electron chi connectivity index (χ1n) is 20.5. The minimum absolute atomic E-state index is 0.439. The SMILES string of the molecule is c1cnc(N2COc3ncccc3C2)nc1.c1cnc2c(c1)CN(c1ccncc1)CO2.c1cnc2c(c1)CN(c1ccncc1)CO2.c1cncc(N2COc3ncccc3C2)c1. The average molecular weight is 854 g/mol. The maximum atomic E-state index is 5.58. The summed E-state index contributed by atoms with van der Waals surface area (Å²) in [6.45, 7) is 5.23. The third-order valence-corrected chi connectivity index (χ3v) is 10.2. The lowest BCUT2D eigenvalue weighted by Gasteiger charge is -2.29. The minimum Gasteiger partial charge on any atom is -0.456 e. The lowest BCUT2D eigenvalue weighted by molar-refractivity contribution is 0.275. The van der Waals surface area contributed by atoms with Gasteiger partial charge >= 0.3 is 0 Å². The zero-order valence-electron chi connectivity index (χ0n) is 34.7. The molecule has 0 aliphatic carbocycles. The zero-order valence-corrected chi connectivity index (χ0v) is 34.7. The van der Waals surface area contributed by atoms with Crippen molar-refractivity contribution in [2.24, 2.45) is 0 Å². The van der Waals surface area contributed by atoms with Gasteiger partial charge in [0.15, 0.2) is 26.9 Å². The molecule has 320 valence electrons. The number of rotatable bonds is 4. The molecule has 17 heteroatoms. The van der Waals surface area contributed by atoms with Crippen LogP contribution in [0.25, 0.3) is 0 Å². The van der Waals surface area contributed by atoms with Gasteiger partial charge in [0.2, 0.25) is 29.5 Å². The quantitative estimate of drug-likeness (QED) is 0.183. The standard InChI is InChI=1S/3C12H11N3O.C11H10N4O/c1-3-10-8-15(9-16-12(10)14-6-1)11-4-2-5-13-7-11;2*1-2-10-8-15(9-16-12(10)14-5-1)11-3-6-13-7-4-11;1-3-9-7-15(8-16-10(9)12-4-1)11-13-5-2-6-14-11/h3*1-7H,8-9H2;1-6H,7-8H2. The van der Waals surface area contributed by atoms with Crippen LogP contribution in [0.1, 0.15) is 22.3 Å². The van der Waals surface area contributed by atoms with Gasteiger partial charge in [-0.2, -0.15) is 0 Å². The number of aromatic nitrogens is 9. The Morgan fingerprint density at radius 1 is 0.312 bits per heavy atom. The van der Waals surface area contributed by atoms with Crippen molar-refractivity contribution in [1.29, 1.82) is 0 Å². The summed E-state index contributed by atoms with van der Waals surface area (Å²) in [4.78, 5) is 45.6. The Kier molecular flexibility index (Phi) is 13.0. The van der Waals surface area contributed by atoms with Crippen molar-refractivity contribution < 1.29 is 18.9 Å². The molecule has 64 heavy (non-hydrogen) atoms. The second-order valence-corrected chi connectivity index (χ2v) is 14.4. The van der Waals surface area contributed by atoms with Crippen LogP contribution in [0.15, 0.2) is 165 Å². The third kappa shape index (κ3) is 10.3. The Hall–Kier alpha value is -8.47. The van der Waals surface area contributed by atoms with E-state index in [1.807, 2.05) is 96.0 Å². The Labute approximate surface area is 369 Å². The maximum Gasteiger partial charge on any atom is 0.228 e. The van der Waals surface area contributed by atoms with Crippen LogP contribution >= 0.6 is 0 Å². The molecule has 0 amide bonds. The molecule has 0 unspecified atom stereocenters. The van der Waals surface area contributed by atoms with Crippen LogP contribution in [0.3, 0.4) is 0 Å². The van der Waals surface area contributed by atoms with Crippen molar-refractivity contribution in [3.05, 3.63) is 188 Å². The summed E-state index contributed by atoms with van der Waals surface area (Å²) in [6, 6.07) is 29.4. The van der Waals surface area contributed by atoms with Gasteiger partial charge in [-0.15, -0.1) is 0 Å². The molecule has 0 saturated carbocycles. The molecule has 0 N–H and O–H groups in total. The second kappa shape index (κ2) is 20.4. The van der Waals surface area contributed by atoms with E-state index < -0.39 is 0 Å². The number of fused-ring (bicyclic) bond motifs is 4. The van der Waals surface area contributed by atoms with Crippen molar-refractivity contribution in [2.75, 3.05) is 46.5 Å². The van der Waals surface area contributed by atoms with E-state index in [4.69, 9.17) is 18.9 Å². The molecule has 4 aliphatic heterocycles. The Bertz CT molecular complexity index is 2320. The molecule has 8 aromatic rings. The molecular formula is C47H43N13O4. The minimum atomic E-state index is 0.439. The molecule has 0 saturated heterocycles. The van der Waals surface area contributed by atoms with Crippen LogP contribution in [-0.4, -0.2) is 71.8 Å². The summed E-state index contributed by atoms with van der Waals surface area (Å²) in [5.41, 5.74) is 7.70. The predicted molar refractivity (Wildman–Crippen MR) is 238 cm³/mol. The fourth-order valence-corrected chi connectivity index (χ4v) is 6.99. The van der Waals surface area contributed by atoms with Gasteiger partial charge in [-0.1, -0.05) is 24.3 Å². The van der Waals surface area contributed by atoms with E-state index in [1.165, 1.54) is 0 Å². The van der Waals surface area contributed by atoms with Crippen molar-refractivity contribution in [2.45, 2.75) is 26.2 Å². The summed E-state index contributed by atoms with van der Waals surface area (Å²) in [5.74, 6) is 3.61. The van der Waals surface area contributed by atoms with Gasteiger partial charge in [0.25, 0.3) is 0 Å². The summed E-state index contributed by atoms with van der Waals surface area (Å²) >= 11 is 0. The highest BCUT2D eigenvalue weighted by Crippen LogP contribution is 2.28. The molecule has 12 rings (SSSR count). The smallest absolute Gasteiger partial charge is 0.228 e. The molecule has 0 atom stereocenters. The fraction of sp³-hybridized carbons (Fsp3) is 0.170. The fourth-order valence-electron chi connectivity index (χ4n) is 6.99. The van der Waals surface area contributed by atoms with Crippen molar-refractivity contribution in [3.8, 4) is 23.5 Å². The monoisotopic (exact) mass is 853 g/mol. The summed E-state index contributed by atoms with van der Waals surface area (Å²) in [5, 5.41) is 0. The number of anilines is 4. The van der Waals surface area contributed by atoms with Gasteiger partial charge in [0.05, 0.1) is 38.1 Å². The van der Waals surface area contributed by atoms with Crippen LogP contribution < -0.4 is 38.5 Å². The molecule has 4 aliphatic rings. The van der Waals surface area contributed by atoms with Gasteiger partial charge in [-0.3, -0.25) is 15.0 Å². The Balaban J connectivity index is 0.000000108. The van der Waals surface area contributed by atoms with E-state index in [0.717, 1.165) is 83.1 Å². The van der Waals surface area contributed by atoms with Crippen molar-refractivity contribution in [3.63, 3.8) is 0 Å². The first-order valence-corrected chi connectivity index (χ1v) is 20.5. The van der Waals surface area contributed by atoms with E-state index >= 15 is 0 Å². The lowest BCUT2D eigenvalue weighted by atomic mass is 10.2. The molecule has 0 spiro atoms. The van der Waals surface area contributed by atoms with Crippen LogP contribution in [-0.2, 0) is 26.2 Å². The van der Waals surface area contributed by atoms with E-state index in [2.05, 4.69) is 59.6 Å².